The second kappa shape index (κ2) is 5.92. The van der Waals surface area contributed by atoms with E-state index >= 15 is 0 Å². The summed E-state index contributed by atoms with van der Waals surface area (Å²) in [5, 5.41) is 18.4. The molecule has 1 aromatic rings. The highest BCUT2D eigenvalue weighted by atomic mass is 16.6. The van der Waals surface area contributed by atoms with Gasteiger partial charge >= 0.3 is 5.69 Å². The van der Waals surface area contributed by atoms with Crippen LogP contribution < -0.4 is 15.5 Å². The Kier molecular flexibility index (Phi) is 4.48. The molecule has 1 saturated heterocycles. The van der Waals surface area contributed by atoms with Crippen LogP contribution in [0.2, 0.25) is 0 Å². The fourth-order valence-electron chi connectivity index (χ4n) is 3.59. The Balaban J connectivity index is 2.33. The van der Waals surface area contributed by atoms with Crippen molar-refractivity contribution in [1.82, 2.24) is 15.3 Å². The van der Waals surface area contributed by atoms with E-state index in [0.29, 0.717) is 5.82 Å². The first-order valence-electron chi connectivity index (χ1n) is 7.73. The molecular weight excluding hydrogens is 296 g/mol. The number of anilines is 2. The van der Waals surface area contributed by atoms with Gasteiger partial charge in [0.1, 0.15) is 6.33 Å². The first-order valence-corrected chi connectivity index (χ1v) is 7.73. The van der Waals surface area contributed by atoms with Gasteiger partial charge in [-0.3, -0.25) is 10.1 Å². The monoisotopic (exact) mass is 322 g/mol. The number of nitrogens with zero attached hydrogens (tertiary/aromatic N) is 4. The Morgan fingerprint density at radius 1 is 1.26 bits per heavy atom. The molecule has 8 nitrogen and oxygen atoms in total. The third kappa shape index (κ3) is 4.07. The maximum Gasteiger partial charge on any atom is 0.353 e. The van der Waals surface area contributed by atoms with E-state index in [1.165, 1.54) is 6.33 Å². The lowest BCUT2D eigenvalue weighted by atomic mass is 9.79. The van der Waals surface area contributed by atoms with Gasteiger partial charge in [0.25, 0.3) is 0 Å². The van der Waals surface area contributed by atoms with Crippen LogP contribution in [0.15, 0.2) is 6.33 Å². The van der Waals surface area contributed by atoms with Crippen LogP contribution in [0.5, 0.6) is 0 Å². The van der Waals surface area contributed by atoms with Gasteiger partial charge in [-0.25, -0.2) is 9.97 Å². The van der Waals surface area contributed by atoms with Gasteiger partial charge in [0.05, 0.1) is 4.92 Å². The predicted molar refractivity (Wildman–Crippen MR) is 91.0 cm³/mol. The van der Waals surface area contributed by atoms with E-state index in [4.69, 9.17) is 0 Å². The topological polar surface area (TPSA) is 96.2 Å². The summed E-state index contributed by atoms with van der Waals surface area (Å²) in [7, 11) is 3.46. The molecule has 128 valence electrons. The number of hydrogen-bond acceptors (Lipinski definition) is 7. The fourth-order valence-corrected chi connectivity index (χ4v) is 3.59. The standard InChI is InChI=1S/C15H26N6O2/c1-14(2)7-10(8-15(3,4)19-14)18-12-11(21(22)23)13(20(5)6)17-9-16-12/h9-10,19H,7-8H2,1-6H3,(H,16,17,18). The Hall–Kier alpha value is -1.96. The van der Waals surface area contributed by atoms with Crippen LogP contribution in [0, 0.1) is 10.1 Å². The molecule has 1 aliphatic rings. The highest BCUT2D eigenvalue weighted by Gasteiger charge is 2.38. The van der Waals surface area contributed by atoms with Crippen LogP contribution in [0.4, 0.5) is 17.3 Å². The summed E-state index contributed by atoms with van der Waals surface area (Å²) in [6, 6.07) is 0.102. The maximum absolute atomic E-state index is 11.5. The second-order valence-corrected chi connectivity index (χ2v) is 7.69. The van der Waals surface area contributed by atoms with Crippen molar-refractivity contribution in [3.63, 3.8) is 0 Å². The maximum atomic E-state index is 11.5. The Labute approximate surface area is 136 Å². The molecule has 0 bridgehead atoms. The van der Waals surface area contributed by atoms with Gasteiger partial charge in [-0.2, -0.15) is 0 Å². The molecule has 2 heterocycles. The van der Waals surface area contributed by atoms with Gasteiger partial charge in [0.15, 0.2) is 0 Å². The number of rotatable bonds is 4. The summed E-state index contributed by atoms with van der Waals surface area (Å²) in [5.41, 5.74) is -0.177. The summed E-state index contributed by atoms with van der Waals surface area (Å²) in [6.45, 7) is 8.56. The molecule has 0 aliphatic carbocycles. The molecule has 0 unspecified atom stereocenters. The van der Waals surface area contributed by atoms with E-state index in [1.54, 1.807) is 19.0 Å². The van der Waals surface area contributed by atoms with Crippen LogP contribution in [0.1, 0.15) is 40.5 Å². The van der Waals surface area contributed by atoms with Gasteiger partial charge in [-0.15, -0.1) is 0 Å². The molecule has 1 aliphatic heterocycles. The Morgan fingerprint density at radius 2 is 1.83 bits per heavy atom. The minimum absolute atomic E-state index is 0.0500. The molecule has 0 radical (unpaired) electrons. The lowest BCUT2D eigenvalue weighted by Gasteiger charge is -2.46. The number of nitrogens with one attached hydrogen (secondary N) is 2. The van der Waals surface area contributed by atoms with Crippen LogP contribution in [0.25, 0.3) is 0 Å². The third-order valence-electron chi connectivity index (χ3n) is 3.94. The molecule has 2 N–H and O–H groups in total. The van der Waals surface area contributed by atoms with Crippen LogP contribution in [0.3, 0.4) is 0 Å². The number of hydrogen-bond donors (Lipinski definition) is 2. The third-order valence-corrected chi connectivity index (χ3v) is 3.94. The van der Waals surface area contributed by atoms with Crippen molar-refractivity contribution in [2.24, 2.45) is 0 Å². The lowest BCUT2D eigenvalue weighted by Crippen LogP contribution is -2.60. The molecule has 0 spiro atoms. The molecule has 8 heteroatoms. The first-order chi connectivity index (χ1) is 10.5. The molecule has 2 rings (SSSR count). The Morgan fingerprint density at radius 3 is 2.30 bits per heavy atom. The van der Waals surface area contributed by atoms with Crippen molar-refractivity contribution in [2.75, 3.05) is 24.3 Å². The summed E-state index contributed by atoms with van der Waals surface area (Å²) in [4.78, 5) is 20.8. The fraction of sp³-hybridized carbons (Fsp3) is 0.733. The van der Waals surface area contributed by atoms with Crippen molar-refractivity contribution < 1.29 is 4.92 Å². The molecule has 0 atom stereocenters. The van der Waals surface area contributed by atoms with Crippen molar-refractivity contribution in [3.8, 4) is 0 Å². The summed E-state index contributed by atoms with van der Waals surface area (Å²) < 4.78 is 0. The number of piperidine rings is 1. The largest absolute Gasteiger partial charge is 0.361 e. The zero-order valence-corrected chi connectivity index (χ0v) is 14.7. The van der Waals surface area contributed by atoms with E-state index in [0.717, 1.165) is 12.8 Å². The molecular formula is C15H26N6O2. The normalized spacial score (nSPS) is 20.1. The number of nitro groups is 1. The molecule has 23 heavy (non-hydrogen) atoms. The molecule has 1 fully saturated rings. The van der Waals surface area contributed by atoms with Crippen LogP contribution in [-0.2, 0) is 0 Å². The number of aromatic nitrogens is 2. The van der Waals surface area contributed by atoms with Gasteiger partial charge in [0.2, 0.25) is 11.6 Å². The summed E-state index contributed by atoms with van der Waals surface area (Å²) >= 11 is 0. The predicted octanol–water partition coefficient (Wildman–Crippen LogP) is 2.17. The van der Waals surface area contributed by atoms with Crippen molar-refractivity contribution in [3.05, 3.63) is 16.4 Å². The van der Waals surface area contributed by atoms with Gasteiger partial charge in [-0.1, -0.05) is 0 Å². The minimum atomic E-state index is -0.422. The van der Waals surface area contributed by atoms with E-state index in [2.05, 4.69) is 48.3 Å². The van der Waals surface area contributed by atoms with E-state index in [1.807, 2.05) is 0 Å². The molecule has 0 amide bonds. The van der Waals surface area contributed by atoms with E-state index in [-0.39, 0.29) is 28.6 Å². The molecule has 0 aromatic carbocycles. The highest BCUT2D eigenvalue weighted by Crippen LogP contribution is 2.35. The average molecular weight is 322 g/mol. The smallest absolute Gasteiger partial charge is 0.353 e. The Bertz CT molecular complexity index is 584. The lowest BCUT2D eigenvalue weighted by molar-refractivity contribution is -0.383. The zero-order chi connectivity index (χ0) is 17.4. The highest BCUT2D eigenvalue weighted by molar-refractivity contribution is 5.70. The molecule has 1 aromatic heterocycles. The summed E-state index contributed by atoms with van der Waals surface area (Å²) in [6.07, 6.45) is 3.08. The summed E-state index contributed by atoms with van der Waals surface area (Å²) in [5.74, 6) is 0.590. The first kappa shape index (κ1) is 17.4. The van der Waals surface area contributed by atoms with Crippen LogP contribution in [-0.4, -0.2) is 46.1 Å². The van der Waals surface area contributed by atoms with Gasteiger partial charge < -0.3 is 15.5 Å². The average Bonchev–Trinajstić information content (AvgIpc) is 2.33. The van der Waals surface area contributed by atoms with Gasteiger partial charge in [-0.05, 0) is 40.5 Å². The quantitative estimate of drug-likeness (QED) is 0.647. The van der Waals surface area contributed by atoms with Crippen molar-refractivity contribution in [1.29, 1.82) is 0 Å². The van der Waals surface area contributed by atoms with Crippen molar-refractivity contribution >= 4 is 17.3 Å². The minimum Gasteiger partial charge on any atom is -0.361 e. The van der Waals surface area contributed by atoms with Gasteiger partial charge in [0, 0.05) is 31.2 Å². The van der Waals surface area contributed by atoms with E-state index < -0.39 is 4.92 Å². The van der Waals surface area contributed by atoms with E-state index in [9.17, 15) is 10.1 Å². The van der Waals surface area contributed by atoms with Crippen LogP contribution >= 0.6 is 0 Å². The second-order valence-electron chi connectivity index (χ2n) is 7.69. The van der Waals surface area contributed by atoms with Crippen molar-refractivity contribution in [2.45, 2.75) is 57.7 Å². The zero-order valence-electron chi connectivity index (χ0n) is 14.7. The molecule has 0 saturated carbocycles. The SMILES string of the molecule is CN(C)c1ncnc(NC2CC(C)(C)NC(C)(C)C2)c1[N+](=O)[O-].